The number of carbonyl (C=O) groups is 1. The van der Waals surface area contributed by atoms with Crippen molar-refractivity contribution in [2.24, 2.45) is 0 Å². The molecule has 0 bridgehead atoms. The third kappa shape index (κ3) is 3.98. The highest BCUT2D eigenvalue weighted by Gasteiger charge is 2.48. The van der Waals surface area contributed by atoms with E-state index in [4.69, 9.17) is 18.9 Å². The van der Waals surface area contributed by atoms with E-state index in [1.54, 1.807) is 0 Å². The molecule has 10 heteroatoms. The molecule has 0 aliphatic carbocycles. The van der Waals surface area contributed by atoms with Crippen LogP contribution >= 0.6 is 0 Å². The van der Waals surface area contributed by atoms with Crippen LogP contribution in [0.2, 0.25) is 0 Å². The molecular weight excluding hydrogens is 316 g/mol. The average molecular weight is 338 g/mol. The highest BCUT2D eigenvalue weighted by atomic mass is 16.7. The molecule has 2 aliphatic heterocycles. The molecule has 0 spiro atoms. The quantitative estimate of drug-likeness (QED) is 0.333. The molecule has 2 saturated heterocycles. The normalized spacial score (nSPS) is 48.0. The first-order valence-electron chi connectivity index (χ1n) is 7.22. The molecule has 23 heavy (non-hydrogen) atoms. The molecule has 0 aromatic carbocycles. The zero-order valence-corrected chi connectivity index (χ0v) is 12.7. The Balaban J connectivity index is 2.12. The van der Waals surface area contributed by atoms with Crippen LogP contribution in [-0.4, -0.2) is 93.4 Å². The monoisotopic (exact) mass is 338 g/mol. The standard InChI is InChI=1S/C13H22O10/c1-4-7(16)8(17)9(18)13(21-4)23-11-10(22-5(2)14)6(15)3-20-12(11)19/h4,6-13,15-19H,3H2,1-2H3/t4-,6-,7-,8+,9+,10-,11+,12+,13-/m0/s1. The molecule has 0 saturated carbocycles. The number of esters is 1. The molecule has 0 amide bonds. The van der Waals surface area contributed by atoms with Gasteiger partial charge >= 0.3 is 5.97 Å². The van der Waals surface area contributed by atoms with E-state index in [0.29, 0.717) is 0 Å². The zero-order valence-electron chi connectivity index (χ0n) is 12.7. The number of aliphatic hydroxyl groups is 5. The van der Waals surface area contributed by atoms with Crippen molar-refractivity contribution >= 4 is 5.97 Å². The molecule has 2 aliphatic rings. The van der Waals surface area contributed by atoms with Gasteiger partial charge in [-0.25, -0.2) is 0 Å². The van der Waals surface area contributed by atoms with Crippen LogP contribution in [0.15, 0.2) is 0 Å². The first-order chi connectivity index (χ1) is 10.7. The summed E-state index contributed by atoms with van der Waals surface area (Å²) in [6.45, 7) is 2.31. The molecule has 0 radical (unpaired) electrons. The molecule has 9 atom stereocenters. The van der Waals surface area contributed by atoms with Gasteiger partial charge in [0, 0.05) is 6.92 Å². The van der Waals surface area contributed by atoms with Crippen LogP contribution in [0, 0.1) is 0 Å². The largest absolute Gasteiger partial charge is 0.457 e. The van der Waals surface area contributed by atoms with Gasteiger partial charge in [-0.05, 0) is 6.92 Å². The maximum Gasteiger partial charge on any atom is 0.303 e. The maximum absolute atomic E-state index is 11.1. The Morgan fingerprint density at radius 3 is 2.30 bits per heavy atom. The van der Waals surface area contributed by atoms with Crippen molar-refractivity contribution in [3.05, 3.63) is 0 Å². The summed E-state index contributed by atoms with van der Waals surface area (Å²) in [5, 5.41) is 49.0. The van der Waals surface area contributed by atoms with Crippen LogP contribution in [-0.2, 0) is 23.7 Å². The molecule has 0 unspecified atom stereocenters. The summed E-state index contributed by atoms with van der Waals surface area (Å²) in [6.07, 6.45) is -12.1. The Bertz CT molecular complexity index is 418. The summed E-state index contributed by atoms with van der Waals surface area (Å²) in [4.78, 5) is 11.1. The van der Waals surface area contributed by atoms with E-state index in [9.17, 15) is 30.3 Å². The minimum atomic E-state index is -1.61. The van der Waals surface area contributed by atoms with Gasteiger partial charge in [0.15, 0.2) is 24.8 Å². The van der Waals surface area contributed by atoms with Crippen molar-refractivity contribution in [1.29, 1.82) is 0 Å². The summed E-state index contributed by atoms with van der Waals surface area (Å²) < 4.78 is 20.5. The number of aliphatic hydroxyl groups excluding tert-OH is 5. The molecule has 10 nitrogen and oxygen atoms in total. The number of carbonyl (C=O) groups excluding carboxylic acids is 1. The molecular formula is C13H22O10. The smallest absolute Gasteiger partial charge is 0.303 e. The SMILES string of the molecule is CC(=O)O[C@@H]1[C@@H](O[C@@H]2O[C@@H](C)[C@H](O)[C@@H](O)[C@H]2O)[C@H](O)OC[C@@H]1O. The molecule has 0 aromatic heterocycles. The van der Waals surface area contributed by atoms with Gasteiger partial charge in [0.25, 0.3) is 0 Å². The first kappa shape index (κ1) is 18.5. The van der Waals surface area contributed by atoms with Crippen molar-refractivity contribution in [1.82, 2.24) is 0 Å². The van der Waals surface area contributed by atoms with Crippen LogP contribution in [0.1, 0.15) is 13.8 Å². The van der Waals surface area contributed by atoms with Gasteiger partial charge in [0.1, 0.15) is 24.4 Å². The lowest BCUT2D eigenvalue weighted by Gasteiger charge is -2.43. The van der Waals surface area contributed by atoms with Crippen molar-refractivity contribution < 1.29 is 49.3 Å². The highest BCUT2D eigenvalue weighted by Crippen LogP contribution is 2.27. The van der Waals surface area contributed by atoms with Gasteiger partial charge in [0.05, 0.1) is 12.7 Å². The van der Waals surface area contributed by atoms with E-state index < -0.39 is 61.3 Å². The van der Waals surface area contributed by atoms with E-state index in [1.165, 1.54) is 6.92 Å². The first-order valence-corrected chi connectivity index (χ1v) is 7.22. The summed E-state index contributed by atoms with van der Waals surface area (Å²) in [6, 6.07) is 0. The summed E-state index contributed by atoms with van der Waals surface area (Å²) in [5.41, 5.74) is 0. The maximum atomic E-state index is 11.1. The minimum Gasteiger partial charge on any atom is -0.457 e. The average Bonchev–Trinajstić information content (AvgIpc) is 2.49. The zero-order chi connectivity index (χ0) is 17.3. The van der Waals surface area contributed by atoms with Crippen molar-refractivity contribution in [2.45, 2.75) is 69.2 Å². The van der Waals surface area contributed by atoms with Crippen LogP contribution < -0.4 is 0 Å². The van der Waals surface area contributed by atoms with Gasteiger partial charge in [0.2, 0.25) is 0 Å². The second kappa shape index (κ2) is 7.36. The Morgan fingerprint density at radius 2 is 1.70 bits per heavy atom. The van der Waals surface area contributed by atoms with E-state index in [2.05, 4.69) is 0 Å². The number of rotatable bonds is 3. The van der Waals surface area contributed by atoms with Crippen LogP contribution in [0.5, 0.6) is 0 Å². The Hall–Kier alpha value is -0.850. The molecule has 134 valence electrons. The van der Waals surface area contributed by atoms with Crippen LogP contribution in [0.4, 0.5) is 0 Å². The van der Waals surface area contributed by atoms with Crippen molar-refractivity contribution in [2.75, 3.05) is 6.61 Å². The second-order valence-electron chi connectivity index (χ2n) is 5.65. The molecule has 2 rings (SSSR count). The van der Waals surface area contributed by atoms with Crippen LogP contribution in [0.25, 0.3) is 0 Å². The third-order valence-electron chi connectivity index (χ3n) is 3.82. The molecule has 5 N–H and O–H groups in total. The van der Waals surface area contributed by atoms with Crippen molar-refractivity contribution in [3.63, 3.8) is 0 Å². The Labute approximate surface area is 132 Å². The number of hydrogen-bond donors (Lipinski definition) is 5. The van der Waals surface area contributed by atoms with E-state index in [1.807, 2.05) is 0 Å². The van der Waals surface area contributed by atoms with E-state index >= 15 is 0 Å². The lowest BCUT2D eigenvalue weighted by Crippen LogP contribution is -2.62. The molecule has 0 aromatic rings. The van der Waals surface area contributed by atoms with Gasteiger partial charge < -0.3 is 44.5 Å². The lowest BCUT2D eigenvalue weighted by molar-refractivity contribution is -0.348. The van der Waals surface area contributed by atoms with Crippen LogP contribution in [0.3, 0.4) is 0 Å². The van der Waals surface area contributed by atoms with Crippen molar-refractivity contribution in [3.8, 4) is 0 Å². The van der Waals surface area contributed by atoms with E-state index in [0.717, 1.165) is 6.92 Å². The predicted molar refractivity (Wildman–Crippen MR) is 70.7 cm³/mol. The van der Waals surface area contributed by atoms with Gasteiger partial charge in [-0.1, -0.05) is 0 Å². The fourth-order valence-corrected chi connectivity index (χ4v) is 2.53. The molecule has 2 heterocycles. The lowest BCUT2D eigenvalue weighted by atomic mass is 9.99. The highest BCUT2D eigenvalue weighted by molar-refractivity contribution is 5.66. The van der Waals surface area contributed by atoms with Gasteiger partial charge in [-0.3, -0.25) is 4.79 Å². The second-order valence-corrected chi connectivity index (χ2v) is 5.65. The predicted octanol–water partition coefficient (Wildman–Crippen LogP) is -3.16. The number of hydrogen-bond acceptors (Lipinski definition) is 10. The third-order valence-corrected chi connectivity index (χ3v) is 3.82. The van der Waals surface area contributed by atoms with E-state index in [-0.39, 0.29) is 6.61 Å². The Morgan fingerprint density at radius 1 is 1.04 bits per heavy atom. The summed E-state index contributed by atoms with van der Waals surface area (Å²) in [7, 11) is 0. The summed E-state index contributed by atoms with van der Waals surface area (Å²) >= 11 is 0. The molecule has 2 fully saturated rings. The van der Waals surface area contributed by atoms with Gasteiger partial charge in [-0.2, -0.15) is 0 Å². The topological polar surface area (TPSA) is 155 Å². The van der Waals surface area contributed by atoms with Gasteiger partial charge in [-0.15, -0.1) is 0 Å². The summed E-state index contributed by atoms with van der Waals surface area (Å²) in [5.74, 6) is -0.703. The minimum absolute atomic E-state index is 0.273. The fraction of sp³-hybridized carbons (Fsp3) is 0.923. The fourth-order valence-electron chi connectivity index (χ4n) is 2.53. The number of ether oxygens (including phenoxy) is 4. The Kier molecular flexibility index (Phi) is 5.92.